The quantitative estimate of drug-likeness (QED) is 0.264. The van der Waals surface area contributed by atoms with Gasteiger partial charge in [-0.2, -0.15) is 4.98 Å². The molecular weight excluding hydrogens is 491 g/mol. The number of nitrogen functional groups attached to an aromatic ring is 1. The van der Waals surface area contributed by atoms with Crippen LogP contribution in [0.3, 0.4) is 0 Å². The molecule has 194 valence electrons. The van der Waals surface area contributed by atoms with Crippen LogP contribution < -0.4 is 20.9 Å². The van der Waals surface area contributed by atoms with E-state index in [2.05, 4.69) is 20.0 Å². The Balaban J connectivity index is 1.44. The molecule has 3 heterocycles. The van der Waals surface area contributed by atoms with Gasteiger partial charge in [0.05, 0.1) is 25.1 Å². The van der Waals surface area contributed by atoms with Crippen LogP contribution in [-0.2, 0) is 23.6 Å². The number of benzene rings is 1. The van der Waals surface area contributed by atoms with Crippen LogP contribution in [0.2, 0.25) is 0 Å². The highest BCUT2D eigenvalue weighted by atomic mass is 31.2. The smallest absolute Gasteiger partial charge is 0.342 e. The fourth-order valence-electron chi connectivity index (χ4n) is 3.67. The van der Waals surface area contributed by atoms with E-state index in [0.717, 1.165) is 0 Å². The van der Waals surface area contributed by atoms with E-state index in [1.165, 1.54) is 6.33 Å². The molecule has 4 N–H and O–H groups in total. The zero-order valence-corrected chi connectivity index (χ0v) is 21.0. The Labute approximate surface area is 206 Å². The maximum Gasteiger partial charge on any atom is 0.342 e. The Morgan fingerprint density at radius 2 is 2.08 bits per heavy atom. The molecule has 13 nitrogen and oxygen atoms in total. The SMILES string of the molecule is CC(C)OC(=O)[C@H](C)NP(=O)(CO[C@H]1CO[C@@H](n2cnc3c(=O)[nH]c(N)nc32)C1)Oc1ccccc1. The summed E-state index contributed by atoms with van der Waals surface area (Å²) < 4.78 is 38.0. The second kappa shape index (κ2) is 10.8. The number of imidazole rings is 1. The molecular formula is C22H29N6O7P. The summed E-state index contributed by atoms with van der Waals surface area (Å²) >= 11 is 0. The van der Waals surface area contributed by atoms with Crippen molar-refractivity contribution in [2.24, 2.45) is 0 Å². The zero-order chi connectivity index (χ0) is 25.9. The van der Waals surface area contributed by atoms with Crippen LogP contribution in [0.5, 0.6) is 5.75 Å². The van der Waals surface area contributed by atoms with Crippen molar-refractivity contribution in [3.63, 3.8) is 0 Å². The minimum Gasteiger partial charge on any atom is -0.462 e. The minimum absolute atomic E-state index is 0.0322. The number of H-pyrrole nitrogens is 1. The lowest BCUT2D eigenvalue weighted by molar-refractivity contribution is -0.149. The van der Waals surface area contributed by atoms with E-state index >= 15 is 0 Å². The molecule has 1 unspecified atom stereocenters. The van der Waals surface area contributed by atoms with Crippen molar-refractivity contribution in [2.75, 3.05) is 18.7 Å². The van der Waals surface area contributed by atoms with Gasteiger partial charge in [-0.05, 0) is 32.9 Å². The van der Waals surface area contributed by atoms with Crippen molar-refractivity contribution in [1.29, 1.82) is 0 Å². The number of para-hydroxylation sites is 1. The lowest BCUT2D eigenvalue weighted by Gasteiger charge is -2.25. The van der Waals surface area contributed by atoms with Gasteiger partial charge in [0, 0.05) is 6.42 Å². The largest absolute Gasteiger partial charge is 0.462 e. The lowest BCUT2D eigenvalue weighted by Crippen LogP contribution is -2.37. The predicted octanol–water partition coefficient (Wildman–Crippen LogP) is 2.17. The van der Waals surface area contributed by atoms with Gasteiger partial charge in [0.2, 0.25) is 5.95 Å². The number of hydrogen-bond acceptors (Lipinski definition) is 10. The topological polar surface area (TPSA) is 173 Å². The number of aromatic nitrogens is 4. The van der Waals surface area contributed by atoms with Gasteiger partial charge in [-0.15, -0.1) is 0 Å². The summed E-state index contributed by atoms with van der Waals surface area (Å²) in [6.07, 6.45) is 0.218. The van der Waals surface area contributed by atoms with Crippen LogP contribution >= 0.6 is 7.52 Å². The first kappa shape index (κ1) is 25.8. The van der Waals surface area contributed by atoms with E-state index in [9.17, 15) is 14.2 Å². The average molecular weight is 520 g/mol. The van der Waals surface area contributed by atoms with Gasteiger partial charge in [-0.25, -0.2) is 10.1 Å². The number of esters is 1. The summed E-state index contributed by atoms with van der Waals surface area (Å²) in [5, 5.41) is 2.76. The third-order valence-corrected chi connectivity index (χ3v) is 7.05. The number of fused-ring (bicyclic) bond motifs is 1. The Kier molecular flexibility index (Phi) is 7.74. The number of carbonyl (C=O) groups is 1. The average Bonchev–Trinajstić information content (AvgIpc) is 3.45. The minimum atomic E-state index is -3.70. The van der Waals surface area contributed by atoms with Crippen LogP contribution in [-0.4, -0.2) is 56.7 Å². The maximum absolute atomic E-state index is 13.7. The van der Waals surface area contributed by atoms with Gasteiger partial charge in [-0.3, -0.25) is 23.7 Å². The molecule has 4 rings (SSSR count). The molecule has 0 radical (unpaired) electrons. The highest BCUT2D eigenvalue weighted by molar-refractivity contribution is 7.57. The lowest BCUT2D eigenvalue weighted by atomic mass is 10.3. The fourth-order valence-corrected chi connectivity index (χ4v) is 5.42. The monoisotopic (exact) mass is 520 g/mol. The third kappa shape index (κ3) is 6.11. The molecule has 0 amide bonds. The van der Waals surface area contributed by atoms with Gasteiger partial charge < -0.3 is 24.5 Å². The third-order valence-electron chi connectivity index (χ3n) is 5.27. The molecule has 1 aromatic carbocycles. The number of hydrogen-bond donors (Lipinski definition) is 3. The molecule has 0 bridgehead atoms. The van der Waals surface area contributed by atoms with E-state index in [-0.39, 0.29) is 30.5 Å². The molecule has 0 saturated carbocycles. The maximum atomic E-state index is 13.7. The number of nitrogens with zero attached hydrogens (tertiary/aromatic N) is 3. The number of nitrogens with one attached hydrogen (secondary N) is 2. The van der Waals surface area contributed by atoms with Gasteiger partial charge >= 0.3 is 13.5 Å². The number of rotatable bonds is 10. The van der Waals surface area contributed by atoms with Crippen LogP contribution in [0.4, 0.5) is 5.95 Å². The van der Waals surface area contributed by atoms with Gasteiger partial charge in [0.15, 0.2) is 11.2 Å². The van der Waals surface area contributed by atoms with E-state index in [1.54, 1.807) is 55.7 Å². The van der Waals surface area contributed by atoms with Crippen molar-refractivity contribution < 1.29 is 28.1 Å². The van der Waals surface area contributed by atoms with Crippen molar-refractivity contribution in [2.45, 2.75) is 51.7 Å². The zero-order valence-electron chi connectivity index (χ0n) is 20.1. The molecule has 36 heavy (non-hydrogen) atoms. The van der Waals surface area contributed by atoms with Crippen LogP contribution in [0, 0.1) is 0 Å². The molecule has 1 aliphatic heterocycles. The summed E-state index contributed by atoms with van der Waals surface area (Å²) in [5.41, 5.74) is 5.65. The van der Waals surface area contributed by atoms with Gasteiger partial charge in [0.1, 0.15) is 24.4 Å². The fraction of sp³-hybridized carbons (Fsp3) is 0.455. The Hall–Kier alpha value is -3.25. The molecule has 2 aromatic heterocycles. The van der Waals surface area contributed by atoms with E-state index in [1.807, 2.05) is 0 Å². The summed E-state index contributed by atoms with van der Waals surface area (Å²) in [7, 11) is -3.70. The van der Waals surface area contributed by atoms with E-state index in [0.29, 0.717) is 17.8 Å². The second-order valence-corrected chi connectivity index (χ2v) is 10.7. The standard InChI is InChI=1S/C22H29N6O7P/c1-13(2)34-21(30)14(3)27-36(31,35-15-7-5-4-6-8-15)12-33-16-9-17(32-10-16)28-11-24-18-19(28)25-22(23)26-20(18)29/h4-8,11,13-14,16-17H,9-10,12H2,1-3H3,(H,27,31)(H3,23,25,26,29)/t14-,16+,17+,36?/m0/s1. The summed E-state index contributed by atoms with van der Waals surface area (Å²) in [5.74, 6) is -0.226. The Bertz CT molecular complexity index is 1310. The number of aromatic amines is 1. The molecule has 3 aromatic rings. The predicted molar refractivity (Wildman–Crippen MR) is 130 cm³/mol. The first-order valence-electron chi connectivity index (χ1n) is 11.4. The van der Waals surface area contributed by atoms with E-state index < -0.39 is 37.4 Å². The summed E-state index contributed by atoms with van der Waals surface area (Å²) in [4.78, 5) is 35.0. The normalized spacial score (nSPS) is 20.3. The summed E-state index contributed by atoms with van der Waals surface area (Å²) in [6.45, 7) is 5.20. The molecule has 4 atom stereocenters. The molecule has 1 saturated heterocycles. The number of ether oxygens (including phenoxy) is 3. The van der Waals surface area contributed by atoms with E-state index in [4.69, 9.17) is 24.5 Å². The molecule has 1 aliphatic rings. The van der Waals surface area contributed by atoms with Crippen LogP contribution in [0.1, 0.15) is 33.4 Å². The van der Waals surface area contributed by atoms with Gasteiger partial charge in [-0.1, -0.05) is 18.2 Å². The highest BCUT2D eigenvalue weighted by Gasteiger charge is 2.35. The molecule has 0 spiro atoms. The Morgan fingerprint density at radius 1 is 1.33 bits per heavy atom. The molecule has 1 fully saturated rings. The highest BCUT2D eigenvalue weighted by Crippen LogP contribution is 2.44. The van der Waals surface area contributed by atoms with Crippen LogP contribution in [0.15, 0.2) is 41.5 Å². The molecule has 0 aliphatic carbocycles. The van der Waals surface area contributed by atoms with Crippen molar-refractivity contribution >= 4 is 30.6 Å². The number of carbonyl (C=O) groups excluding carboxylic acids is 1. The second-order valence-electron chi connectivity index (χ2n) is 8.63. The first-order chi connectivity index (χ1) is 17.1. The molecule has 14 heteroatoms. The number of nitrogens with two attached hydrogens (primary N) is 1. The van der Waals surface area contributed by atoms with Crippen LogP contribution in [0.25, 0.3) is 11.2 Å². The van der Waals surface area contributed by atoms with Crippen molar-refractivity contribution in [3.8, 4) is 5.75 Å². The first-order valence-corrected chi connectivity index (χ1v) is 13.2. The van der Waals surface area contributed by atoms with Crippen molar-refractivity contribution in [3.05, 3.63) is 47.0 Å². The summed E-state index contributed by atoms with van der Waals surface area (Å²) in [6, 6.07) is 7.71. The van der Waals surface area contributed by atoms with Gasteiger partial charge in [0.25, 0.3) is 5.56 Å². The Morgan fingerprint density at radius 3 is 2.81 bits per heavy atom. The van der Waals surface area contributed by atoms with Crippen molar-refractivity contribution in [1.82, 2.24) is 24.6 Å². The number of anilines is 1.